The Hall–Kier alpha value is -3.78. The Morgan fingerprint density at radius 2 is 1.81 bits per heavy atom. The van der Waals surface area contributed by atoms with Gasteiger partial charge in [0.25, 0.3) is 11.8 Å². The zero-order valence-electron chi connectivity index (χ0n) is 16.6. The molecule has 4 rings (SSSR count). The van der Waals surface area contributed by atoms with Gasteiger partial charge in [0.1, 0.15) is 23.1 Å². The second-order valence-corrected chi connectivity index (χ2v) is 7.96. The van der Waals surface area contributed by atoms with Gasteiger partial charge in [-0.2, -0.15) is 0 Å². The van der Waals surface area contributed by atoms with Crippen molar-refractivity contribution in [2.75, 3.05) is 0 Å². The quantitative estimate of drug-likeness (QED) is 0.434. The van der Waals surface area contributed by atoms with E-state index < -0.39 is 23.6 Å². The van der Waals surface area contributed by atoms with Crippen molar-refractivity contribution in [2.45, 2.75) is 19.4 Å². The van der Waals surface area contributed by atoms with Gasteiger partial charge in [-0.3, -0.25) is 14.4 Å². The van der Waals surface area contributed by atoms with Crippen molar-refractivity contribution in [1.82, 2.24) is 10.5 Å². The van der Waals surface area contributed by atoms with E-state index in [4.69, 9.17) is 10.3 Å². The monoisotopic (exact) mass is 433 g/mol. The molecule has 0 saturated carbocycles. The van der Waals surface area contributed by atoms with E-state index in [0.717, 1.165) is 21.2 Å². The molecule has 0 saturated heterocycles. The molecule has 0 bridgehead atoms. The highest BCUT2D eigenvalue weighted by Gasteiger charge is 2.29. The van der Waals surface area contributed by atoms with Crippen LogP contribution >= 0.6 is 11.3 Å². The number of benzene rings is 2. The SMILES string of the molecule is Cc1onc(-c2csc3ccccc23)c1C(=O)NC(Cc1ccccc1)C(=O)C(N)=O. The Kier molecular flexibility index (Phi) is 5.64. The van der Waals surface area contributed by atoms with E-state index in [1.54, 1.807) is 19.1 Å². The number of nitrogens with zero attached hydrogens (tertiary/aromatic N) is 1. The average molecular weight is 433 g/mol. The molecule has 0 fully saturated rings. The van der Waals surface area contributed by atoms with Gasteiger partial charge in [0.2, 0.25) is 5.78 Å². The number of Topliss-reactive ketones (excluding diaryl/α,β-unsaturated/α-hetero) is 1. The van der Waals surface area contributed by atoms with Gasteiger partial charge in [-0.15, -0.1) is 11.3 Å². The maximum absolute atomic E-state index is 13.2. The number of carbonyl (C=O) groups is 3. The second-order valence-electron chi connectivity index (χ2n) is 7.05. The third-order valence-electron chi connectivity index (χ3n) is 4.97. The number of amides is 2. The molecule has 0 radical (unpaired) electrons. The van der Waals surface area contributed by atoms with Crippen molar-refractivity contribution in [3.8, 4) is 11.3 Å². The van der Waals surface area contributed by atoms with E-state index in [2.05, 4.69) is 10.5 Å². The molecule has 0 aliphatic carbocycles. The molecule has 7 nitrogen and oxygen atoms in total. The molecule has 0 aliphatic rings. The van der Waals surface area contributed by atoms with Gasteiger partial charge in [-0.1, -0.05) is 53.7 Å². The molecule has 2 amide bonds. The molecule has 0 spiro atoms. The van der Waals surface area contributed by atoms with Gasteiger partial charge in [-0.05, 0) is 18.6 Å². The lowest BCUT2D eigenvalue weighted by Crippen LogP contribution is -2.47. The highest BCUT2D eigenvalue weighted by molar-refractivity contribution is 7.17. The Bertz CT molecular complexity index is 1280. The van der Waals surface area contributed by atoms with E-state index in [0.29, 0.717) is 11.5 Å². The summed E-state index contributed by atoms with van der Waals surface area (Å²) in [4.78, 5) is 37.2. The van der Waals surface area contributed by atoms with Crippen molar-refractivity contribution in [1.29, 1.82) is 0 Å². The molecular formula is C23H19N3O4S. The summed E-state index contributed by atoms with van der Waals surface area (Å²) < 4.78 is 6.37. The molecule has 2 aromatic heterocycles. The molecule has 156 valence electrons. The minimum atomic E-state index is -1.10. The molecule has 1 atom stereocenters. The van der Waals surface area contributed by atoms with E-state index in [-0.39, 0.29) is 12.0 Å². The number of thiophene rings is 1. The first kappa shape index (κ1) is 20.5. The minimum absolute atomic E-state index is 0.134. The summed E-state index contributed by atoms with van der Waals surface area (Å²) in [5.41, 5.74) is 7.38. The van der Waals surface area contributed by atoms with Crippen LogP contribution in [0.15, 0.2) is 64.5 Å². The van der Waals surface area contributed by atoms with Crippen molar-refractivity contribution >= 4 is 39.0 Å². The highest BCUT2D eigenvalue weighted by Crippen LogP contribution is 2.35. The van der Waals surface area contributed by atoms with Crippen LogP contribution in [0.3, 0.4) is 0 Å². The molecule has 1 unspecified atom stereocenters. The molecular weight excluding hydrogens is 414 g/mol. The summed E-state index contributed by atoms with van der Waals surface area (Å²) in [6, 6.07) is 15.8. The van der Waals surface area contributed by atoms with Crippen LogP contribution in [0.25, 0.3) is 21.3 Å². The predicted molar refractivity (Wildman–Crippen MR) is 118 cm³/mol. The van der Waals surface area contributed by atoms with Gasteiger partial charge in [0.15, 0.2) is 0 Å². The van der Waals surface area contributed by atoms with Crippen LogP contribution in [-0.2, 0) is 16.0 Å². The van der Waals surface area contributed by atoms with Crippen molar-refractivity contribution in [2.24, 2.45) is 5.73 Å². The fraction of sp³-hybridized carbons (Fsp3) is 0.130. The molecule has 31 heavy (non-hydrogen) atoms. The number of primary amides is 1. The third-order valence-corrected chi connectivity index (χ3v) is 5.94. The number of fused-ring (bicyclic) bond motifs is 1. The lowest BCUT2D eigenvalue weighted by Gasteiger charge is -2.16. The fourth-order valence-electron chi connectivity index (χ4n) is 3.45. The Morgan fingerprint density at radius 1 is 1.10 bits per heavy atom. The molecule has 4 aromatic rings. The topological polar surface area (TPSA) is 115 Å². The number of aromatic nitrogens is 1. The minimum Gasteiger partial charge on any atom is -0.363 e. The lowest BCUT2D eigenvalue weighted by atomic mass is 10.0. The summed E-state index contributed by atoms with van der Waals surface area (Å²) in [5, 5.41) is 9.61. The Balaban J connectivity index is 1.68. The number of hydrogen-bond acceptors (Lipinski definition) is 6. The van der Waals surface area contributed by atoms with Crippen LogP contribution in [-0.4, -0.2) is 28.8 Å². The number of nitrogens with two attached hydrogens (primary N) is 1. The largest absolute Gasteiger partial charge is 0.363 e. The van der Waals surface area contributed by atoms with Crippen LogP contribution in [0.2, 0.25) is 0 Å². The number of ketones is 1. The fourth-order valence-corrected chi connectivity index (χ4v) is 4.39. The van der Waals surface area contributed by atoms with Crippen molar-refractivity contribution in [3.05, 3.63) is 76.9 Å². The van der Waals surface area contributed by atoms with Crippen LogP contribution < -0.4 is 11.1 Å². The van der Waals surface area contributed by atoms with Crippen LogP contribution in [0.1, 0.15) is 21.7 Å². The first-order chi connectivity index (χ1) is 15.0. The second kappa shape index (κ2) is 8.53. The number of nitrogens with one attached hydrogen (secondary N) is 1. The van der Waals surface area contributed by atoms with E-state index in [9.17, 15) is 14.4 Å². The molecule has 3 N–H and O–H groups in total. The molecule has 8 heteroatoms. The number of rotatable bonds is 7. The summed E-state index contributed by atoms with van der Waals surface area (Å²) in [6.07, 6.45) is 0.134. The molecule has 0 aliphatic heterocycles. The number of hydrogen-bond donors (Lipinski definition) is 2. The molecule has 2 aromatic carbocycles. The zero-order chi connectivity index (χ0) is 22.0. The summed E-state index contributed by atoms with van der Waals surface area (Å²) in [6.45, 7) is 1.63. The zero-order valence-corrected chi connectivity index (χ0v) is 17.4. The number of carbonyl (C=O) groups excluding carboxylic acids is 3. The summed E-state index contributed by atoms with van der Waals surface area (Å²) in [7, 11) is 0. The van der Waals surface area contributed by atoms with Crippen LogP contribution in [0.4, 0.5) is 0 Å². The Morgan fingerprint density at radius 3 is 2.55 bits per heavy atom. The normalized spacial score (nSPS) is 11.9. The number of aryl methyl sites for hydroxylation is 1. The summed E-state index contributed by atoms with van der Waals surface area (Å²) >= 11 is 1.53. The van der Waals surface area contributed by atoms with Gasteiger partial charge >= 0.3 is 0 Å². The maximum atomic E-state index is 13.2. The smallest absolute Gasteiger partial charge is 0.287 e. The van der Waals surface area contributed by atoms with Crippen LogP contribution in [0, 0.1) is 6.92 Å². The standard InChI is InChI=1S/C23H19N3O4S/c1-13-19(20(26-30-13)16-12-31-18-10-6-5-9-15(16)18)23(29)25-17(21(27)22(24)28)11-14-7-3-2-4-8-14/h2-10,12,17H,11H2,1H3,(H2,24,28)(H,25,29). The van der Waals surface area contributed by atoms with Gasteiger partial charge in [-0.25, -0.2) is 0 Å². The van der Waals surface area contributed by atoms with Crippen LogP contribution in [0.5, 0.6) is 0 Å². The van der Waals surface area contributed by atoms with Gasteiger partial charge in [0, 0.05) is 27.5 Å². The van der Waals surface area contributed by atoms with E-state index >= 15 is 0 Å². The maximum Gasteiger partial charge on any atom is 0.287 e. The summed E-state index contributed by atoms with van der Waals surface area (Å²) in [5.74, 6) is -2.21. The van der Waals surface area contributed by atoms with E-state index in [1.165, 1.54) is 11.3 Å². The third kappa shape index (κ3) is 4.10. The van der Waals surface area contributed by atoms with Crippen molar-refractivity contribution < 1.29 is 18.9 Å². The predicted octanol–water partition coefficient (Wildman–Crippen LogP) is 3.26. The lowest BCUT2D eigenvalue weighted by molar-refractivity contribution is -0.137. The van der Waals surface area contributed by atoms with Gasteiger partial charge in [0.05, 0.1) is 0 Å². The van der Waals surface area contributed by atoms with Crippen molar-refractivity contribution in [3.63, 3.8) is 0 Å². The average Bonchev–Trinajstić information content (AvgIpc) is 3.36. The van der Waals surface area contributed by atoms with Gasteiger partial charge < -0.3 is 15.6 Å². The molecule has 2 heterocycles. The first-order valence-corrected chi connectivity index (χ1v) is 10.4. The first-order valence-electron chi connectivity index (χ1n) is 9.57. The Labute approximate surface area is 181 Å². The highest BCUT2D eigenvalue weighted by atomic mass is 32.1. The van der Waals surface area contributed by atoms with E-state index in [1.807, 2.05) is 47.8 Å².